The predicted molar refractivity (Wildman–Crippen MR) is 40.5 cm³/mol. The Labute approximate surface area is 73.0 Å². The summed E-state index contributed by atoms with van der Waals surface area (Å²) in [6, 6.07) is 2.83. The summed E-state index contributed by atoms with van der Waals surface area (Å²) in [5.74, 6) is 1.37. The van der Waals surface area contributed by atoms with E-state index in [1.54, 1.807) is 0 Å². The fourth-order valence-corrected chi connectivity index (χ4v) is 0.732. The summed E-state index contributed by atoms with van der Waals surface area (Å²) in [6.45, 7) is 0. The highest BCUT2D eigenvalue weighted by atomic mass is 19.2. The fourth-order valence-electron chi connectivity index (χ4n) is 0.732. The van der Waals surface area contributed by atoms with Crippen LogP contribution in [0.3, 0.4) is 0 Å². The first-order valence-electron chi connectivity index (χ1n) is 3.23. The summed E-state index contributed by atoms with van der Waals surface area (Å²) in [4.78, 5) is 0. The van der Waals surface area contributed by atoms with Crippen LogP contribution in [-0.2, 0) is 0 Å². The van der Waals surface area contributed by atoms with Gasteiger partial charge in [0, 0.05) is 12.0 Å². The molecule has 13 heavy (non-hydrogen) atoms. The quantitative estimate of drug-likeness (QED) is 0.614. The Hall–Kier alpha value is -2.07. The van der Waals surface area contributed by atoms with Crippen molar-refractivity contribution >= 4 is 0 Å². The van der Waals surface area contributed by atoms with Crippen LogP contribution in [0, 0.1) is 34.8 Å². The SMILES string of the molecule is N#CC#Cc1cc(F)c(F)cc1O. The third kappa shape index (κ3) is 1.94. The molecule has 0 aliphatic carbocycles. The Morgan fingerprint density at radius 2 is 1.85 bits per heavy atom. The summed E-state index contributed by atoms with van der Waals surface area (Å²) in [5.41, 5.74) is -0.111. The molecule has 0 bridgehead atoms. The Morgan fingerprint density at radius 3 is 2.46 bits per heavy atom. The number of phenolic OH excluding ortho intramolecular Hbond substituents is 1. The number of aromatic hydroxyl groups is 1. The molecule has 64 valence electrons. The van der Waals surface area contributed by atoms with E-state index >= 15 is 0 Å². The van der Waals surface area contributed by atoms with Gasteiger partial charge < -0.3 is 5.11 Å². The molecule has 0 saturated carbocycles. The van der Waals surface area contributed by atoms with Crippen LogP contribution in [0.2, 0.25) is 0 Å². The van der Waals surface area contributed by atoms with E-state index in [0.29, 0.717) is 6.07 Å². The fraction of sp³-hybridized carbons (Fsp3) is 0. The van der Waals surface area contributed by atoms with Gasteiger partial charge in [-0.15, -0.1) is 0 Å². The molecule has 1 N–H and O–H groups in total. The Balaban J connectivity index is 3.25. The molecule has 0 atom stereocenters. The lowest BCUT2D eigenvalue weighted by Crippen LogP contribution is -1.86. The molecular weight excluding hydrogens is 176 g/mol. The van der Waals surface area contributed by atoms with Crippen molar-refractivity contribution in [1.82, 2.24) is 0 Å². The zero-order chi connectivity index (χ0) is 9.84. The van der Waals surface area contributed by atoms with Crippen molar-refractivity contribution in [2.24, 2.45) is 0 Å². The first-order chi connectivity index (χ1) is 6.15. The van der Waals surface area contributed by atoms with Crippen molar-refractivity contribution in [3.8, 4) is 23.7 Å². The van der Waals surface area contributed by atoms with Gasteiger partial charge in [-0.3, -0.25) is 0 Å². The molecule has 1 aromatic rings. The maximum atomic E-state index is 12.5. The van der Waals surface area contributed by atoms with Gasteiger partial charge in [0.05, 0.1) is 5.56 Å². The standard InChI is InChI=1S/C9H3F2NO/c10-7-4-6(2-1-3-12)9(13)5-8(7)11/h4-5,13H. The van der Waals surface area contributed by atoms with Crippen molar-refractivity contribution in [3.63, 3.8) is 0 Å². The van der Waals surface area contributed by atoms with E-state index in [9.17, 15) is 8.78 Å². The average molecular weight is 179 g/mol. The van der Waals surface area contributed by atoms with Gasteiger partial charge >= 0.3 is 0 Å². The van der Waals surface area contributed by atoms with Crippen LogP contribution in [0.25, 0.3) is 0 Å². The summed E-state index contributed by atoms with van der Waals surface area (Å²) >= 11 is 0. The van der Waals surface area contributed by atoms with Gasteiger partial charge in [0.1, 0.15) is 5.75 Å². The number of nitriles is 1. The maximum Gasteiger partial charge on any atom is 0.162 e. The number of halogens is 2. The van der Waals surface area contributed by atoms with Crippen molar-refractivity contribution < 1.29 is 13.9 Å². The second-order valence-corrected chi connectivity index (χ2v) is 2.15. The molecule has 0 aromatic heterocycles. The van der Waals surface area contributed by atoms with Gasteiger partial charge in [0.25, 0.3) is 0 Å². The van der Waals surface area contributed by atoms with E-state index in [-0.39, 0.29) is 5.56 Å². The van der Waals surface area contributed by atoms with E-state index in [1.165, 1.54) is 6.07 Å². The molecule has 0 aliphatic heterocycles. The zero-order valence-corrected chi connectivity index (χ0v) is 6.31. The number of nitrogens with zero attached hydrogens (tertiary/aromatic N) is 1. The van der Waals surface area contributed by atoms with Gasteiger partial charge in [-0.25, -0.2) is 8.78 Å². The monoisotopic (exact) mass is 179 g/mol. The molecule has 0 saturated heterocycles. The first kappa shape index (κ1) is 9.02. The summed E-state index contributed by atoms with van der Waals surface area (Å²) in [7, 11) is 0. The third-order valence-corrected chi connectivity index (χ3v) is 1.29. The molecule has 0 spiro atoms. The predicted octanol–water partition coefficient (Wildman–Crippen LogP) is 1.55. The molecule has 4 heteroatoms. The summed E-state index contributed by atoms with van der Waals surface area (Å²) in [5, 5.41) is 17.1. The normalized spacial score (nSPS) is 8.38. The van der Waals surface area contributed by atoms with Gasteiger partial charge in [-0.1, -0.05) is 0 Å². The van der Waals surface area contributed by atoms with Crippen LogP contribution in [0.4, 0.5) is 8.78 Å². The van der Waals surface area contributed by atoms with Crippen LogP contribution in [0.1, 0.15) is 5.56 Å². The van der Waals surface area contributed by atoms with Crippen LogP contribution >= 0.6 is 0 Å². The summed E-state index contributed by atoms with van der Waals surface area (Å²) < 4.78 is 25.0. The van der Waals surface area contributed by atoms with Crippen molar-refractivity contribution in [3.05, 3.63) is 29.3 Å². The molecule has 0 fully saturated rings. The van der Waals surface area contributed by atoms with E-state index < -0.39 is 17.4 Å². The number of phenols is 1. The lowest BCUT2D eigenvalue weighted by atomic mass is 10.2. The van der Waals surface area contributed by atoms with E-state index in [1.807, 2.05) is 5.92 Å². The highest BCUT2D eigenvalue weighted by Gasteiger charge is 2.06. The lowest BCUT2D eigenvalue weighted by molar-refractivity contribution is 0.453. The number of hydrogen-bond donors (Lipinski definition) is 1. The van der Waals surface area contributed by atoms with Crippen molar-refractivity contribution in [1.29, 1.82) is 5.26 Å². The van der Waals surface area contributed by atoms with E-state index in [4.69, 9.17) is 10.4 Å². The van der Waals surface area contributed by atoms with Crippen molar-refractivity contribution in [2.45, 2.75) is 0 Å². The Bertz CT molecular complexity index is 437. The highest BCUT2D eigenvalue weighted by Crippen LogP contribution is 2.19. The molecule has 0 aliphatic rings. The van der Waals surface area contributed by atoms with Gasteiger partial charge in [0.2, 0.25) is 0 Å². The molecule has 0 heterocycles. The molecule has 1 aromatic carbocycles. The van der Waals surface area contributed by atoms with Crippen molar-refractivity contribution in [2.75, 3.05) is 0 Å². The van der Waals surface area contributed by atoms with Crippen LogP contribution in [0.15, 0.2) is 12.1 Å². The van der Waals surface area contributed by atoms with Gasteiger partial charge in [-0.2, -0.15) is 5.26 Å². The molecule has 0 amide bonds. The molecule has 2 nitrogen and oxygen atoms in total. The third-order valence-electron chi connectivity index (χ3n) is 1.29. The second-order valence-electron chi connectivity index (χ2n) is 2.15. The maximum absolute atomic E-state index is 12.5. The highest BCUT2D eigenvalue weighted by molar-refractivity contribution is 5.47. The van der Waals surface area contributed by atoms with E-state index in [2.05, 4.69) is 5.92 Å². The average Bonchev–Trinajstić information content (AvgIpc) is 2.09. The Morgan fingerprint density at radius 1 is 1.23 bits per heavy atom. The van der Waals surface area contributed by atoms with Gasteiger partial charge in [-0.05, 0) is 12.0 Å². The zero-order valence-electron chi connectivity index (χ0n) is 6.31. The number of benzene rings is 1. The van der Waals surface area contributed by atoms with Crippen LogP contribution < -0.4 is 0 Å². The minimum absolute atomic E-state index is 0.111. The Kier molecular flexibility index (Phi) is 2.47. The molecule has 0 unspecified atom stereocenters. The number of hydrogen-bond acceptors (Lipinski definition) is 2. The van der Waals surface area contributed by atoms with Crippen LogP contribution in [0.5, 0.6) is 5.75 Å². The smallest absolute Gasteiger partial charge is 0.162 e. The van der Waals surface area contributed by atoms with Crippen LogP contribution in [-0.4, -0.2) is 5.11 Å². The topological polar surface area (TPSA) is 44.0 Å². The molecule has 0 radical (unpaired) electrons. The molecule has 1 rings (SSSR count). The van der Waals surface area contributed by atoms with E-state index in [0.717, 1.165) is 6.07 Å². The minimum atomic E-state index is -1.15. The first-order valence-corrected chi connectivity index (χ1v) is 3.23. The second kappa shape index (κ2) is 3.55. The van der Waals surface area contributed by atoms with Gasteiger partial charge in [0.15, 0.2) is 17.7 Å². The lowest BCUT2D eigenvalue weighted by Gasteiger charge is -1.97. The number of rotatable bonds is 0. The summed E-state index contributed by atoms with van der Waals surface area (Å²) in [6.07, 6.45) is 0. The minimum Gasteiger partial charge on any atom is -0.507 e. The largest absolute Gasteiger partial charge is 0.507 e. The molecular formula is C9H3F2NO.